The molecule has 19 heteroatoms. The molecule has 5 aromatic rings. The number of ether oxygens (including phenoxy) is 2. The maximum atomic E-state index is 14.4. The zero-order chi connectivity index (χ0) is 41.4. The molecule has 1 saturated heterocycles. The molecule has 1 N–H and O–H groups in total. The Bertz CT molecular complexity index is 2450. The van der Waals surface area contributed by atoms with Crippen LogP contribution in [0.5, 0.6) is 5.75 Å². The number of alkyl halides is 3. The van der Waals surface area contributed by atoms with Crippen LogP contribution in [0.25, 0.3) is 11.4 Å². The van der Waals surface area contributed by atoms with E-state index in [0.717, 1.165) is 16.1 Å². The quantitative estimate of drug-likeness (QED) is 0.187. The van der Waals surface area contributed by atoms with E-state index in [1.54, 1.807) is 29.7 Å². The van der Waals surface area contributed by atoms with Crippen LogP contribution in [0.3, 0.4) is 0 Å². The van der Waals surface area contributed by atoms with Gasteiger partial charge >= 0.3 is 6.18 Å². The van der Waals surface area contributed by atoms with E-state index in [1.807, 2.05) is 30.3 Å². The molecule has 2 aliphatic rings. The van der Waals surface area contributed by atoms with Crippen LogP contribution in [-0.4, -0.2) is 85.2 Å². The van der Waals surface area contributed by atoms with Gasteiger partial charge < -0.3 is 29.2 Å². The van der Waals surface area contributed by atoms with Gasteiger partial charge in [-0.1, -0.05) is 54.9 Å². The number of halogens is 4. The van der Waals surface area contributed by atoms with Crippen molar-refractivity contribution in [1.29, 1.82) is 0 Å². The highest BCUT2D eigenvalue weighted by molar-refractivity contribution is 7.17. The van der Waals surface area contributed by atoms with E-state index < -0.39 is 35.6 Å². The number of amides is 2. The molecule has 0 radical (unpaired) electrons. The Balaban J connectivity index is 1.19. The molecule has 7 rings (SSSR count). The SMILES string of the molecule is [2H]C1([2H])CCC(c2nc3n(CC(=O)Nc4cc(C(F)(F)F)sc4Cl)c(CC)c(N4CCN(C(=O)c5ncnc(C)c5OCc5ccccc5)CC4)c(=O)n3n2)=CCO1. The number of aromatic nitrogens is 6. The first-order valence-electron chi connectivity index (χ1n) is 18.7. The van der Waals surface area contributed by atoms with E-state index in [0.29, 0.717) is 17.0 Å². The Hall–Kier alpha value is -5.33. The third-order valence-corrected chi connectivity index (χ3v) is 10.7. The molecule has 1 aromatic carbocycles. The Morgan fingerprint density at radius 3 is 2.62 bits per heavy atom. The third kappa shape index (κ3) is 8.13. The van der Waals surface area contributed by atoms with Crippen LogP contribution in [0.2, 0.25) is 4.34 Å². The molecule has 0 spiro atoms. The number of benzene rings is 1. The van der Waals surface area contributed by atoms with Crippen LogP contribution in [0.4, 0.5) is 24.5 Å². The third-order valence-electron chi connectivity index (χ3n) is 9.29. The Morgan fingerprint density at radius 2 is 1.91 bits per heavy atom. The van der Waals surface area contributed by atoms with Crippen molar-refractivity contribution in [2.24, 2.45) is 0 Å². The van der Waals surface area contributed by atoms with E-state index in [2.05, 4.69) is 25.4 Å². The number of nitrogens with zero attached hydrogens (tertiary/aromatic N) is 8. The Labute approximate surface area is 330 Å². The smallest absolute Gasteiger partial charge is 0.425 e. The number of piperazine rings is 1. The van der Waals surface area contributed by atoms with E-state index in [-0.39, 0.29) is 115 Å². The lowest BCUT2D eigenvalue weighted by Gasteiger charge is -2.36. The van der Waals surface area contributed by atoms with Gasteiger partial charge in [-0.2, -0.15) is 22.7 Å². The monoisotopic (exact) mass is 813 g/mol. The number of nitrogens with one attached hydrogen (secondary N) is 1. The minimum absolute atomic E-state index is 0.00597. The summed E-state index contributed by atoms with van der Waals surface area (Å²) in [6.07, 6.45) is -1.29. The summed E-state index contributed by atoms with van der Waals surface area (Å²) in [7, 11) is 0. The fourth-order valence-corrected chi connectivity index (χ4v) is 7.61. The van der Waals surface area contributed by atoms with Gasteiger partial charge in [-0.3, -0.25) is 14.4 Å². The predicted molar refractivity (Wildman–Crippen MR) is 203 cm³/mol. The number of fused-ring (bicyclic) bond motifs is 1. The summed E-state index contributed by atoms with van der Waals surface area (Å²) in [5.74, 6) is -0.720. The van der Waals surface area contributed by atoms with Crippen LogP contribution in [0.15, 0.2) is 53.6 Å². The lowest BCUT2D eigenvalue weighted by molar-refractivity contribution is -0.134. The highest BCUT2D eigenvalue weighted by Gasteiger charge is 2.35. The van der Waals surface area contributed by atoms with Crippen molar-refractivity contribution < 1.29 is 35.0 Å². The zero-order valence-electron chi connectivity index (χ0n) is 32.2. The van der Waals surface area contributed by atoms with Crippen molar-refractivity contribution in [3.63, 3.8) is 0 Å². The van der Waals surface area contributed by atoms with Crippen LogP contribution in [0, 0.1) is 6.92 Å². The van der Waals surface area contributed by atoms with Gasteiger partial charge in [-0.15, -0.1) is 16.4 Å². The van der Waals surface area contributed by atoms with Crippen molar-refractivity contribution in [3.8, 4) is 5.75 Å². The summed E-state index contributed by atoms with van der Waals surface area (Å²) in [5.41, 5.74) is 1.89. The maximum absolute atomic E-state index is 14.4. The molecule has 0 saturated carbocycles. The van der Waals surface area contributed by atoms with Gasteiger partial charge in [-0.25, -0.2) is 9.97 Å². The summed E-state index contributed by atoms with van der Waals surface area (Å²) in [6, 6.07) is 10.2. The number of carbonyl (C=O) groups is 2. The predicted octanol–water partition coefficient (Wildman–Crippen LogP) is 5.66. The Kier molecular flexibility index (Phi) is 10.6. The normalized spacial score (nSPS) is 16.6. The molecule has 6 heterocycles. The molecule has 0 unspecified atom stereocenters. The molecule has 56 heavy (non-hydrogen) atoms. The van der Waals surface area contributed by atoms with Crippen LogP contribution in [-0.2, 0) is 35.3 Å². The molecule has 294 valence electrons. The first-order chi connectivity index (χ1) is 27.6. The van der Waals surface area contributed by atoms with Gasteiger partial charge in [0.2, 0.25) is 11.7 Å². The minimum atomic E-state index is -4.66. The summed E-state index contributed by atoms with van der Waals surface area (Å²) < 4.78 is 69.9. The van der Waals surface area contributed by atoms with Crippen LogP contribution in [0.1, 0.15) is 60.6 Å². The zero-order valence-corrected chi connectivity index (χ0v) is 31.8. The highest BCUT2D eigenvalue weighted by atomic mass is 35.5. The lowest BCUT2D eigenvalue weighted by atomic mass is 10.1. The second-order valence-corrected chi connectivity index (χ2v) is 14.6. The van der Waals surface area contributed by atoms with Crippen molar-refractivity contribution in [2.45, 2.75) is 52.4 Å². The number of thiophene rings is 1. The van der Waals surface area contributed by atoms with Gasteiger partial charge in [0.15, 0.2) is 17.3 Å². The van der Waals surface area contributed by atoms with Crippen molar-refractivity contribution >= 4 is 57.5 Å². The van der Waals surface area contributed by atoms with Crippen molar-refractivity contribution in [1.82, 2.24) is 34.0 Å². The molecule has 0 aliphatic carbocycles. The van der Waals surface area contributed by atoms with Crippen LogP contribution >= 0.6 is 22.9 Å². The number of anilines is 2. The van der Waals surface area contributed by atoms with E-state index in [1.165, 1.54) is 10.9 Å². The summed E-state index contributed by atoms with van der Waals surface area (Å²) >= 11 is 6.38. The first kappa shape index (κ1) is 36.3. The lowest BCUT2D eigenvalue weighted by Crippen LogP contribution is -2.51. The fourth-order valence-electron chi connectivity index (χ4n) is 6.56. The summed E-state index contributed by atoms with van der Waals surface area (Å²) in [4.78, 5) is 57.5. The molecule has 4 aromatic heterocycles. The second-order valence-electron chi connectivity index (χ2n) is 12.9. The number of carbonyl (C=O) groups excluding carboxylic acids is 2. The molecule has 0 bridgehead atoms. The highest BCUT2D eigenvalue weighted by Crippen LogP contribution is 2.41. The molecular formula is C37H37ClF3N9O5S. The molecular weight excluding hydrogens is 775 g/mol. The summed E-state index contributed by atoms with van der Waals surface area (Å²) in [6.45, 7) is 2.09. The maximum Gasteiger partial charge on any atom is 0.425 e. The van der Waals surface area contributed by atoms with Gasteiger partial charge in [0, 0.05) is 32.7 Å². The number of rotatable bonds is 10. The summed E-state index contributed by atoms with van der Waals surface area (Å²) in [5, 5.41) is 6.99. The van der Waals surface area contributed by atoms with Gasteiger partial charge in [0.1, 0.15) is 34.4 Å². The van der Waals surface area contributed by atoms with E-state index in [4.69, 9.17) is 23.8 Å². The average molecular weight is 814 g/mol. The minimum Gasteiger partial charge on any atom is -0.485 e. The van der Waals surface area contributed by atoms with Crippen LogP contribution < -0.4 is 20.5 Å². The average Bonchev–Trinajstić information content (AvgIpc) is 3.75. The molecule has 2 amide bonds. The number of hydrogen-bond donors (Lipinski definition) is 1. The standard InChI is InChI=1S/C37H37ClF3N9O5S/c1-3-26-30(47-12-14-48(15-13-47)34(52)29-31(22(2)42-21-43-29)55-20-23-8-5-4-6-9-23)35(53)50-36(45-33(46-50)24-10-7-16-54-17-11-24)49(26)19-28(51)44-25-18-27(37(39,40)41)56-32(25)38/h4-6,8-9,11,18,21H,3,7,10,12-17,19-20H2,1-2H3,(H,44,51)/i16D2. The van der Waals surface area contributed by atoms with Gasteiger partial charge in [0.25, 0.3) is 11.5 Å². The molecule has 14 nitrogen and oxygen atoms in total. The molecule has 1 fully saturated rings. The van der Waals surface area contributed by atoms with Gasteiger partial charge in [-0.05, 0) is 43.4 Å². The Morgan fingerprint density at radius 1 is 1.14 bits per heavy atom. The van der Waals surface area contributed by atoms with Crippen molar-refractivity contribution in [2.75, 3.05) is 49.6 Å². The second kappa shape index (κ2) is 16.4. The van der Waals surface area contributed by atoms with E-state index in [9.17, 15) is 27.6 Å². The number of aryl methyl sites for hydroxylation is 1. The number of hydrogen-bond acceptors (Lipinski definition) is 11. The first-order valence-corrected chi connectivity index (χ1v) is 18.9. The van der Waals surface area contributed by atoms with E-state index >= 15 is 0 Å². The topological polar surface area (TPSA) is 149 Å². The van der Waals surface area contributed by atoms with Gasteiger partial charge in [0.05, 0.1) is 26.4 Å². The largest absolute Gasteiger partial charge is 0.485 e. The van der Waals surface area contributed by atoms with Crippen molar-refractivity contribution in [3.05, 3.63) is 96.8 Å². The molecule has 0 atom stereocenters. The molecule has 2 aliphatic heterocycles. The number of allylic oxidation sites excluding steroid dienone is 1. The fraction of sp³-hybridized carbons (Fsp3) is 0.378.